The maximum atomic E-state index is 12.2. The number of carbonyl (C=O) groups is 2. The van der Waals surface area contributed by atoms with Gasteiger partial charge in [-0.05, 0) is 49.9 Å². The Labute approximate surface area is 159 Å². The molecule has 0 radical (unpaired) electrons. The van der Waals surface area contributed by atoms with Crippen LogP contribution in [0.25, 0.3) is 0 Å². The Morgan fingerprint density at radius 1 is 0.923 bits per heavy atom. The van der Waals surface area contributed by atoms with Gasteiger partial charge in [0.15, 0.2) is 0 Å². The fourth-order valence-electron chi connectivity index (χ4n) is 2.75. The number of hydrogen-bond acceptors (Lipinski definition) is 3. The van der Waals surface area contributed by atoms with Crippen molar-refractivity contribution in [2.75, 3.05) is 22.1 Å². The summed E-state index contributed by atoms with van der Waals surface area (Å²) < 4.78 is 0. The van der Waals surface area contributed by atoms with Crippen LogP contribution < -0.4 is 10.6 Å². The summed E-state index contributed by atoms with van der Waals surface area (Å²) in [6.45, 7) is 8.04. The van der Waals surface area contributed by atoms with Gasteiger partial charge in [-0.25, -0.2) is 0 Å². The maximum Gasteiger partial charge on any atom is 0.234 e. The molecule has 0 aliphatic rings. The lowest BCUT2D eigenvalue weighted by molar-refractivity contribution is -0.114. The molecular formula is C21H26N2O2S. The molecule has 0 aliphatic heterocycles. The van der Waals surface area contributed by atoms with Crippen molar-refractivity contribution in [1.29, 1.82) is 0 Å². The predicted octanol–water partition coefficient (Wildman–Crippen LogP) is 4.48. The van der Waals surface area contributed by atoms with E-state index in [9.17, 15) is 9.59 Å². The normalized spacial score (nSPS) is 10.5. The summed E-state index contributed by atoms with van der Waals surface area (Å²) in [7, 11) is 0. The summed E-state index contributed by atoms with van der Waals surface area (Å²) in [4.78, 5) is 24.3. The van der Waals surface area contributed by atoms with E-state index >= 15 is 0 Å². The monoisotopic (exact) mass is 370 g/mol. The van der Waals surface area contributed by atoms with E-state index in [0.29, 0.717) is 0 Å². The van der Waals surface area contributed by atoms with Crippen LogP contribution in [0.5, 0.6) is 0 Å². The molecule has 0 aromatic heterocycles. The first-order valence-corrected chi connectivity index (χ1v) is 9.89. The van der Waals surface area contributed by atoms with Crippen molar-refractivity contribution in [3.8, 4) is 0 Å². The number of aryl methyl sites for hydroxylation is 4. The van der Waals surface area contributed by atoms with Gasteiger partial charge in [-0.2, -0.15) is 0 Å². The zero-order valence-electron chi connectivity index (χ0n) is 15.8. The Hall–Kier alpha value is -2.27. The van der Waals surface area contributed by atoms with Crippen LogP contribution in [0.3, 0.4) is 0 Å². The SMILES string of the molecule is CCc1cccc(C)c1NC(=O)CSCC(=O)Nc1ccc(C)cc1C. The molecule has 26 heavy (non-hydrogen) atoms. The fourth-order valence-corrected chi connectivity index (χ4v) is 3.37. The molecule has 2 N–H and O–H groups in total. The Morgan fingerprint density at radius 2 is 1.62 bits per heavy atom. The van der Waals surface area contributed by atoms with Crippen molar-refractivity contribution in [3.63, 3.8) is 0 Å². The molecule has 2 rings (SSSR count). The quantitative estimate of drug-likeness (QED) is 0.755. The standard InChI is InChI=1S/C21H26N2O2S/c1-5-17-8-6-7-15(3)21(17)23-20(25)13-26-12-19(24)22-18-10-9-14(2)11-16(18)4/h6-11H,5,12-13H2,1-4H3,(H,22,24)(H,23,25). The Balaban J connectivity index is 1.82. The molecule has 0 fully saturated rings. The lowest BCUT2D eigenvalue weighted by Crippen LogP contribution is -2.19. The lowest BCUT2D eigenvalue weighted by Gasteiger charge is -2.13. The number of amides is 2. The molecule has 2 amide bonds. The summed E-state index contributed by atoms with van der Waals surface area (Å²) in [5, 5.41) is 5.87. The molecule has 0 spiro atoms. The zero-order valence-corrected chi connectivity index (χ0v) is 16.6. The zero-order chi connectivity index (χ0) is 19.1. The Morgan fingerprint density at radius 3 is 2.27 bits per heavy atom. The van der Waals surface area contributed by atoms with E-state index in [2.05, 4.69) is 17.6 Å². The van der Waals surface area contributed by atoms with E-state index in [1.807, 2.05) is 57.2 Å². The highest BCUT2D eigenvalue weighted by molar-refractivity contribution is 8.00. The van der Waals surface area contributed by atoms with Gasteiger partial charge in [0, 0.05) is 11.4 Å². The first-order valence-electron chi connectivity index (χ1n) is 8.74. The molecule has 0 unspecified atom stereocenters. The number of nitrogens with one attached hydrogen (secondary N) is 2. The maximum absolute atomic E-state index is 12.2. The number of benzene rings is 2. The van der Waals surface area contributed by atoms with Crippen LogP contribution in [0.15, 0.2) is 36.4 Å². The van der Waals surface area contributed by atoms with Crippen molar-refractivity contribution < 1.29 is 9.59 Å². The molecule has 138 valence electrons. The number of rotatable bonds is 7. The largest absolute Gasteiger partial charge is 0.325 e. The number of thioether (sulfide) groups is 1. The van der Waals surface area contributed by atoms with E-state index in [-0.39, 0.29) is 23.3 Å². The molecule has 2 aromatic carbocycles. The van der Waals surface area contributed by atoms with Crippen molar-refractivity contribution in [2.24, 2.45) is 0 Å². The van der Waals surface area contributed by atoms with Gasteiger partial charge in [-0.1, -0.05) is 42.8 Å². The molecule has 0 aliphatic carbocycles. The minimum Gasteiger partial charge on any atom is -0.325 e. The van der Waals surface area contributed by atoms with Gasteiger partial charge in [-0.15, -0.1) is 11.8 Å². The van der Waals surface area contributed by atoms with Gasteiger partial charge in [0.1, 0.15) is 0 Å². The van der Waals surface area contributed by atoms with Crippen LogP contribution in [0.1, 0.15) is 29.2 Å². The van der Waals surface area contributed by atoms with Crippen LogP contribution in [0.2, 0.25) is 0 Å². The van der Waals surface area contributed by atoms with Crippen molar-refractivity contribution >= 4 is 35.0 Å². The van der Waals surface area contributed by atoms with Gasteiger partial charge >= 0.3 is 0 Å². The highest BCUT2D eigenvalue weighted by Gasteiger charge is 2.10. The Bertz CT molecular complexity index is 803. The lowest BCUT2D eigenvalue weighted by atomic mass is 10.1. The molecule has 2 aromatic rings. The van der Waals surface area contributed by atoms with Gasteiger partial charge in [0.25, 0.3) is 0 Å². The van der Waals surface area contributed by atoms with E-state index in [1.54, 1.807) is 0 Å². The predicted molar refractivity (Wildman–Crippen MR) is 111 cm³/mol. The summed E-state index contributed by atoms with van der Waals surface area (Å²) >= 11 is 1.31. The van der Waals surface area contributed by atoms with Crippen molar-refractivity contribution in [2.45, 2.75) is 34.1 Å². The van der Waals surface area contributed by atoms with Gasteiger partial charge in [0.05, 0.1) is 11.5 Å². The molecule has 0 heterocycles. The van der Waals surface area contributed by atoms with E-state index in [1.165, 1.54) is 11.8 Å². The minimum atomic E-state index is -0.0973. The van der Waals surface area contributed by atoms with E-state index in [0.717, 1.165) is 40.0 Å². The van der Waals surface area contributed by atoms with Crippen LogP contribution in [-0.4, -0.2) is 23.3 Å². The summed E-state index contributed by atoms with van der Waals surface area (Å²) in [5.41, 5.74) is 6.08. The van der Waals surface area contributed by atoms with Crippen molar-refractivity contribution in [1.82, 2.24) is 0 Å². The van der Waals surface area contributed by atoms with Crippen LogP contribution in [0, 0.1) is 20.8 Å². The molecular weight excluding hydrogens is 344 g/mol. The van der Waals surface area contributed by atoms with Crippen LogP contribution in [0.4, 0.5) is 11.4 Å². The number of hydrogen-bond donors (Lipinski definition) is 2. The van der Waals surface area contributed by atoms with Crippen molar-refractivity contribution in [3.05, 3.63) is 58.7 Å². The average molecular weight is 371 g/mol. The van der Waals surface area contributed by atoms with E-state index < -0.39 is 0 Å². The van der Waals surface area contributed by atoms with E-state index in [4.69, 9.17) is 0 Å². The van der Waals surface area contributed by atoms with Crippen LogP contribution >= 0.6 is 11.8 Å². The highest BCUT2D eigenvalue weighted by atomic mass is 32.2. The molecule has 5 heteroatoms. The third-order valence-corrected chi connectivity index (χ3v) is 5.06. The van der Waals surface area contributed by atoms with Gasteiger partial charge in [-0.3, -0.25) is 9.59 Å². The number of para-hydroxylation sites is 1. The molecule has 0 atom stereocenters. The average Bonchev–Trinajstić information content (AvgIpc) is 2.59. The minimum absolute atomic E-state index is 0.0849. The number of anilines is 2. The Kier molecular flexibility index (Phi) is 7.27. The summed E-state index contributed by atoms with van der Waals surface area (Å²) in [6, 6.07) is 11.9. The second kappa shape index (κ2) is 9.43. The highest BCUT2D eigenvalue weighted by Crippen LogP contribution is 2.21. The second-order valence-electron chi connectivity index (χ2n) is 6.37. The molecule has 0 bridgehead atoms. The summed E-state index contributed by atoms with van der Waals surface area (Å²) in [5.74, 6) is 0.311. The third kappa shape index (κ3) is 5.63. The number of carbonyl (C=O) groups excluding carboxylic acids is 2. The topological polar surface area (TPSA) is 58.2 Å². The first kappa shape index (κ1) is 20.0. The third-order valence-electron chi connectivity index (χ3n) is 4.13. The summed E-state index contributed by atoms with van der Waals surface area (Å²) in [6.07, 6.45) is 0.864. The molecule has 4 nitrogen and oxygen atoms in total. The van der Waals surface area contributed by atoms with Gasteiger partial charge in [0.2, 0.25) is 11.8 Å². The second-order valence-corrected chi connectivity index (χ2v) is 7.36. The smallest absolute Gasteiger partial charge is 0.234 e. The molecule has 0 saturated carbocycles. The first-order chi connectivity index (χ1) is 12.4. The van der Waals surface area contributed by atoms with Crippen LogP contribution in [-0.2, 0) is 16.0 Å². The van der Waals surface area contributed by atoms with Gasteiger partial charge < -0.3 is 10.6 Å². The molecule has 0 saturated heterocycles. The fraction of sp³-hybridized carbons (Fsp3) is 0.333.